The number of ether oxygens (including phenoxy) is 2. The van der Waals surface area contributed by atoms with Gasteiger partial charge in [0, 0.05) is 20.6 Å². The van der Waals surface area contributed by atoms with Crippen LogP contribution >= 0.6 is 0 Å². The Morgan fingerprint density at radius 3 is 2.14 bits per heavy atom. The van der Waals surface area contributed by atoms with Crippen LogP contribution in [0.25, 0.3) is 0 Å². The van der Waals surface area contributed by atoms with E-state index in [9.17, 15) is 29.7 Å². The van der Waals surface area contributed by atoms with Gasteiger partial charge in [-0.3, -0.25) is 14.4 Å². The van der Waals surface area contributed by atoms with E-state index in [0.717, 1.165) is 19.3 Å². The largest absolute Gasteiger partial charge is 0.460 e. The monoisotopic (exact) mass is 599 g/mol. The van der Waals surface area contributed by atoms with Crippen LogP contribution < -0.4 is 5.32 Å². The number of carbonyl (C=O) groups excluding carboxylic acids is 3. The lowest BCUT2D eigenvalue weighted by atomic mass is 10.00. The predicted molar refractivity (Wildman–Crippen MR) is 163 cm³/mol. The normalized spacial score (nSPS) is 21.1. The van der Waals surface area contributed by atoms with Crippen molar-refractivity contribution in [3.8, 4) is 0 Å². The van der Waals surface area contributed by atoms with Crippen LogP contribution in [0.4, 0.5) is 0 Å². The number of aliphatic hydroxyl groups excluding tert-OH is 3. The molecule has 0 radical (unpaired) electrons. The molecule has 4 N–H and O–H groups in total. The van der Waals surface area contributed by atoms with Crippen molar-refractivity contribution in [2.75, 3.05) is 20.7 Å². The summed E-state index contributed by atoms with van der Waals surface area (Å²) in [7, 11) is 0.876. The third-order valence-corrected chi connectivity index (χ3v) is 7.67. The first kappa shape index (κ1) is 36.2. The number of aliphatic hydroxyl groups is 3. The number of hydrogen-bond acceptors (Lipinski definition) is 8. The number of likely N-dealkylation sites (tertiary alicyclic amines) is 1. The van der Waals surface area contributed by atoms with Gasteiger partial charge in [-0.05, 0) is 25.2 Å². The van der Waals surface area contributed by atoms with Crippen molar-refractivity contribution in [2.24, 2.45) is 5.92 Å². The second-order valence-electron chi connectivity index (χ2n) is 11.9. The molecule has 0 aliphatic carbocycles. The van der Waals surface area contributed by atoms with Crippen molar-refractivity contribution in [1.29, 1.82) is 0 Å². The molecule has 1 heterocycles. The molecule has 42 heavy (non-hydrogen) atoms. The Bertz CT molecular complexity index is 827. The zero-order valence-corrected chi connectivity index (χ0v) is 26.3. The van der Waals surface area contributed by atoms with Crippen LogP contribution in [0.5, 0.6) is 0 Å². The Labute approximate surface area is 254 Å². The Balaban J connectivity index is 2.52. The maximum absolute atomic E-state index is 13.0. The van der Waals surface area contributed by atoms with Gasteiger partial charge >= 0.3 is 5.97 Å². The molecule has 0 saturated carbocycles. The fourth-order valence-electron chi connectivity index (χ4n) is 5.05. The van der Waals surface area contributed by atoms with Gasteiger partial charge in [-0.25, -0.2) is 0 Å². The zero-order chi connectivity index (χ0) is 32.2. The highest BCUT2D eigenvalue weighted by Crippen LogP contribution is 2.18. The zero-order valence-electron chi connectivity index (χ0n) is 27.3. The van der Waals surface area contributed by atoms with Gasteiger partial charge in [-0.1, -0.05) is 97.1 Å². The van der Waals surface area contributed by atoms with E-state index in [1.54, 1.807) is 13.1 Å². The minimum absolute atomic E-state index is 0.0912. The maximum atomic E-state index is 13.0. The average Bonchev–Trinajstić information content (AvgIpc) is 3.09. The topological polar surface area (TPSA) is 146 Å². The maximum Gasteiger partial charge on any atom is 0.306 e. The molecule has 10 heteroatoms. The summed E-state index contributed by atoms with van der Waals surface area (Å²) in [6.07, 6.45) is 9.68. The minimum Gasteiger partial charge on any atom is -0.460 e. The van der Waals surface area contributed by atoms with Crippen molar-refractivity contribution in [3.05, 3.63) is 12.2 Å². The van der Waals surface area contributed by atoms with Crippen molar-refractivity contribution in [1.82, 2.24) is 10.2 Å². The number of methoxy groups -OCH3 is 1. The van der Waals surface area contributed by atoms with E-state index >= 15 is 0 Å². The molecule has 0 bridgehead atoms. The summed E-state index contributed by atoms with van der Waals surface area (Å²) >= 11 is 0. The molecule has 2 amide bonds. The van der Waals surface area contributed by atoms with Gasteiger partial charge < -0.3 is 35.0 Å². The van der Waals surface area contributed by atoms with Crippen LogP contribution in [0, 0.1) is 5.92 Å². The number of allylic oxidation sites excluding steroid dienone is 1. The van der Waals surface area contributed by atoms with E-state index < -0.39 is 55.5 Å². The highest BCUT2D eigenvalue weighted by atomic mass is 16.5. The van der Waals surface area contributed by atoms with E-state index in [0.29, 0.717) is 12.8 Å². The fraction of sp³-hybridized carbons (Fsp3) is 0.844. The van der Waals surface area contributed by atoms with Gasteiger partial charge in [-0.15, -0.1) is 0 Å². The smallest absolute Gasteiger partial charge is 0.306 e. The summed E-state index contributed by atoms with van der Waals surface area (Å²) in [5.41, 5.74) is 0. The summed E-state index contributed by atoms with van der Waals surface area (Å²) in [4.78, 5) is 39.8. The molecule has 244 valence electrons. The molecular formula is C32H58N2O8. The van der Waals surface area contributed by atoms with Crippen molar-refractivity contribution < 1.29 is 40.5 Å². The first-order chi connectivity index (χ1) is 20.5. The van der Waals surface area contributed by atoms with Gasteiger partial charge in [0.25, 0.3) is 5.91 Å². The molecule has 1 fully saturated rings. The molecule has 1 aliphatic heterocycles. The quantitative estimate of drug-likeness (QED) is 0.0889. The molecule has 1 aliphatic rings. The molecule has 0 spiro atoms. The van der Waals surface area contributed by atoms with Gasteiger partial charge in [0.1, 0.15) is 30.5 Å². The number of unbranched alkanes of at least 4 members (excludes halogenated alkanes) is 10. The molecule has 1 rings (SSSR count). The molecule has 0 aromatic heterocycles. The van der Waals surface area contributed by atoms with Crippen molar-refractivity contribution in [2.45, 2.75) is 147 Å². The summed E-state index contributed by atoms with van der Waals surface area (Å²) < 4.78 is 18.1. The minimum atomic E-state index is -1.85. The summed E-state index contributed by atoms with van der Waals surface area (Å²) in [5, 5.41) is 33.7. The number of rotatable bonds is 21. The molecule has 6 atom stereocenters. The van der Waals surface area contributed by atoms with Crippen LogP contribution in [0.3, 0.4) is 0 Å². The van der Waals surface area contributed by atoms with E-state index in [1.165, 1.54) is 62.3 Å². The van der Waals surface area contributed by atoms with Crippen molar-refractivity contribution >= 4 is 17.8 Å². The van der Waals surface area contributed by atoms with Gasteiger partial charge in [0.15, 0.2) is 6.10 Å². The molecule has 1 saturated heterocycles. The van der Waals surface area contributed by atoms with Crippen LogP contribution in [-0.2, 0) is 23.9 Å². The lowest BCUT2D eigenvalue weighted by Crippen LogP contribution is -2.55. The van der Waals surface area contributed by atoms with E-state index in [1.807, 2.05) is 13.8 Å². The van der Waals surface area contributed by atoms with Crippen LogP contribution in [0.1, 0.15) is 112 Å². The number of carbonyl (C=O) groups is 3. The average molecular weight is 600 g/mol. The van der Waals surface area contributed by atoms with E-state index in [2.05, 4.69) is 12.2 Å². The number of nitrogens with one attached hydrogen (secondary N) is 1. The number of hydrogen-bond donors (Lipinski definition) is 4. The van der Waals surface area contributed by atoms with Gasteiger partial charge in [0.05, 0.1) is 7.92 Å². The van der Waals surface area contributed by atoms with E-state index in [4.69, 9.17) is 10.8 Å². The van der Waals surface area contributed by atoms with Gasteiger partial charge in [0.2, 0.25) is 5.91 Å². The molecule has 0 unspecified atom stereocenters. The van der Waals surface area contributed by atoms with Gasteiger partial charge in [-0.2, -0.15) is 0 Å². The highest BCUT2D eigenvalue weighted by molar-refractivity contribution is 5.89. The standard InChI is InChI=1S/C32H58N2O8/c1-6-7-8-9-10-11-12-13-14-15-16-17-27(36)42-24-19-20-25(32(40)34(4)22-24)33-31(39)30(41-5)29(38)28(37)26(35)21-18-23(2)3/h18,21,23-26,28-30,35,37-38H,6-17,19-20,22H2,1-5H3,(H,33,39)/b21-18+/t24-,25-,26+,28-,29+,30+/m0/s1/i5D. The Morgan fingerprint density at radius 1 is 0.976 bits per heavy atom. The number of likely N-dealkylation sites (N-methyl/N-ethyl adjacent to an activating group) is 1. The highest BCUT2D eigenvalue weighted by Gasteiger charge is 2.38. The number of nitrogens with zero attached hydrogens (tertiary/aromatic N) is 1. The summed E-state index contributed by atoms with van der Waals surface area (Å²) in [6, 6.07) is -0.972. The Hall–Kier alpha value is -2.01. The molecule has 0 aromatic carbocycles. The summed E-state index contributed by atoms with van der Waals surface area (Å²) in [6.45, 7) is 6.16. The second kappa shape index (κ2) is 21.6. The molecule has 0 aromatic rings. The van der Waals surface area contributed by atoms with Crippen molar-refractivity contribution in [3.63, 3.8) is 0 Å². The first-order valence-electron chi connectivity index (χ1n) is 16.6. The Kier molecular flexibility index (Phi) is 18.6. The SMILES string of the molecule is [2H]CO[C@@H](C(=O)N[C@H]1CC[C@H](OC(=O)CCCCCCCCCCCCC)CN(C)C1=O)[C@H](O)[C@@H](O)[C@H](O)/C=C/C(C)C. The first-order valence-corrected chi connectivity index (χ1v) is 15.9. The summed E-state index contributed by atoms with van der Waals surface area (Å²) in [5.74, 6) is -1.49. The molecular weight excluding hydrogens is 540 g/mol. The van der Waals surface area contributed by atoms with E-state index in [-0.39, 0.29) is 24.9 Å². The van der Waals surface area contributed by atoms with Crippen LogP contribution in [0.15, 0.2) is 12.2 Å². The lowest BCUT2D eigenvalue weighted by molar-refractivity contribution is -0.151. The fourth-order valence-corrected chi connectivity index (χ4v) is 5.05. The third-order valence-electron chi connectivity index (χ3n) is 7.67. The number of esters is 1. The van der Waals surface area contributed by atoms with Crippen LogP contribution in [0.2, 0.25) is 0 Å². The van der Waals surface area contributed by atoms with Crippen LogP contribution in [-0.4, -0.2) is 95.2 Å². The predicted octanol–water partition coefficient (Wildman–Crippen LogP) is 3.65. The second-order valence-corrected chi connectivity index (χ2v) is 11.9. The Morgan fingerprint density at radius 2 is 1.57 bits per heavy atom. The lowest BCUT2D eigenvalue weighted by Gasteiger charge is -2.28. The molecule has 10 nitrogen and oxygen atoms in total. The third kappa shape index (κ3) is 14.9. The number of amides is 2.